The maximum Gasteiger partial charge on any atom is 0.0107 e. The van der Waals surface area contributed by atoms with E-state index in [-0.39, 0.29) is 0 Å². The zero-order valence-corrected chi connectivity index (χ0v) is 9.66. The molecular formula is C13H16S. The third kappa shape index (κ3) is 1.74. The van der Waals surface area contributed by atoms with Crippen LogP contribution in [-0.4, -0.2) is 6.26 Å². The van der Waals surface area contributed by atoms with Crippen molar-refractivity contribution in [1.29, 1.82) is 0 Å². The van der Waals surface area contributed by atoms with Gasteiger partial charge in [-0.25, -0.2) is 0 Å². The Balaban J connectivity index is 2.57. The highest BCUT2D eigenvalue weighted by molar-refractivity contribution is 7.98. The second-order valence-corrected chi connectivity index (χ2v) is 4.62. The van der Waals surface area contributed by atoms with Gasteiger partial charge >= 0.3 is 0 Å². The number of rotatable bonds is 1. The lowest BCUT2D eigenvalue weighted by Gasteiger charge is -2.11. The summed E-state index contributed by atoms with van der Waals surface area (Å²) in [5, 5.41) is 0. The molecule has 0 bridgehead atoms. The monoisotopic (exact) mass is 204 g/mol. The summed E-state index contributed by atoms with van der Waals surface area (Å²) in [6.45, 7) is 2.21. The van der Waals surface area contributed by atoms with Gasteiger partial charge in [-0.1, -0.05) is 18.2 Å². The quantitative estimate of drug-likeness (QED) is 0.621. The Hall–Kier alpha value is -0.690. The maximum absolute atomic E-state index is 2.31. The highest BCUT2D eigenvalue weighted by Crippen LogP contribution is 2.30. The highest BCUT2D eigenvalue weighted by atomic mass is 32.2. The number of benzene rings is 1. The van der Waals surface area contributed by atoms with Crippen LogP contribution in [0.1, 0.15) is 29.5 Å². The maximum atomic E-state index is 2.31. The second kappa shape index (κ2) is 4.22. The van der Waals surface area contributed by atoms with E-state index in [1.807, 2.05) is 11.8 Å². The molecule has 0 aromatic heterocycles. The van der Waals surface area contributed by atoms with Gasteiger partial charge < -0.3 is 0 Å². The van der Waals surface area contributed by atoms with Gasteiger partial charge in [0.25, 0.3) is 0 Å². The Morgan fingerprint density at radius 2 is 2.14 bits per heavy atom. The molecule has 2 rings (SSSR count). The minimum absolute atomic E-state index is 1.22. The molecule has 1 aromatic carbocycles. The van der Waals surface area contributed by atoms with Crippen LogP contribution in [0.4, 0.5) is 0 Å². The zero-order valence-electron chi connectivity index (χ0n) is 8.84. The minimum atomic E-state index is 1.22. The van der Waals surface area contributed by atoms with Crippen molar-refractivity contribution in [3.05, 3.63) is 34.9 Å². The first kappa shape index (κ1) is 9.85. The van der Waals surface area contributed by atoms with Crippen molar-refractivity contribution in [3.63, 3.8) is 0 Å². The third-order valence-electron chi connectivity index (χ3n) is 2.83. The SMILES string of the molecule is CSc1ccc(C)c2c1CCCC=C2. The van der Waals surface area contributed by atoms with Crippen LogP contribution >= 0.6 is 11.8 Å². The largest absolute Gasteiger partial charge is 0.129 e. The minimum Gasteiger partial charge on any atom is -0.129 e. The van der Waals surface area contributed by atoms with Crippen molar-refractivity contribution in [3.8, 4) is 0 Å². The number of allylic oxidation sites excluding steroid dienone is 1. The predicted octanol–water partition coefficient (Wildman–Crippen LogP) is 4.07. The fourth-order valence-electron chi connectivity index (χ4n) is 2.04. The average Bonchev–Trinajstić information content (AvgIpc) is 2.44. The molecule has 1 aliphatic carbocycles. The summed E-state index contributed by atoms with van der Waals surface area (Å²) in [6.07, 6.45) is 10.5. The van der Waals surface area contributed by atoms with E-state index in [0.717, 1.165) is 0 Å². The lowest BCUT2D eigenvalue weighted by Crippen LogP contribution is -1.94. The summed E-state index contributed by atoms with van der Waals surface area (Å²) in [4.78, 5) is 1.46. The van der Waals surface area contributed by atoms with Gasteiger partial charge in [0.2, 0.25) is 0 Å². The lowest BCUT2D eigenvalue weighted by molar-refractivity contribution is 0.837. The molecule has 0 radical (unpaired) electrons. The van der Waals surface area contributed by atoms with E-state index in [2.05, 4.69) is 37.5 Å². The van der Waals surface area contributed by atoms with Crippen molar-refractivity contribution in [2.24, 2.45) is 0 Å². The molecule has 1 heteroatoms. The van der Waals surface area contributed by atoms with Gasteiger partial charge in [0.1, 0.15) is 0 Å². The van der Waals surface area contributed by atoms with Crippen LogP contribution in [0.5, 0.6) is 0 Å². The van der Waals surface area contributed by atoms with Crippen LogP contribution in [-0.2, 0) is 6.42 Å². The summed E-state index contributed by atoms with van der Waals surface area (Å²) < 4.78 is 0. The summed E-state index contributed by atoms with van der Waals surface area (Å²) in [5.41, 5.74) is 4.44. The molecular weight excluding hydrogens is 188 g/mol. The standard InChI is InChI=1S/C13H16S/c1-10-8-9-13(14-2)12-7-5-3-4-6-11(10)12/h4,6,8-9H,3,5,7H2,1-2H3. The Labute approximate surface area is 90.4 Å². The molecule has 0 atom stereocenters. The van der Waals surface area contributed by atoms with Crippen LogP contribution in [0.2, 0.25) is 0 Å². The molecule has 0 saturated heterocycles. The van der Waals surface area contributed by atoms with Gasteiger partial charge in [0.05, 0.1) is 0 Å². The Bertz CT molecular complexity index is 364. The summed E-state index contributed by atoms with van der Waals surface area (Å²) in [7, 11) is 0. The average molecular weight is 204 g/mol. The smallest absolute Gasteiger partial charge is 0.0107 e. The lowest BCUT2D eigenvalue weighted by atomic mass is 10.00. The van der Waals surface area contributed by atoms with Crippen LogP contribution in [0.25, 0.3) is 6.08 Å². The summed E-state index contributed by atoms with van der Waals surface area (Å²) in [6, 6.07) is 4.50. The van der Waals surface area contributed by atoms with Gasteiger partial charge in [-0.15, -0.1) is 11.8 Å². The summed E-state index contributed by atoms with van der Waals surface area (Å²) in [5.74, 6) is 0. The van der Waals surface area contributed by atoms with Crippen molar-refractivity contribution < 1.29 is 0 Å². The van der Waals surface area contributed by atoms with Gasteiger partial charge in [-0.3, -0.25) is 0 Å². The molecule has 1 aromatic rings. The third-order valence-corrected chi connectivity index (χ3v) is 3.66. The Morgan fingerprint density at radius 3 is 2.93 bits per heavy atom. The fraction of sp³-hybridized carbons (Fsp3) is 0.385. The van der Waals surface area contributed by atoms with Crippen LogP contribution in [0.3, 0.4) is 0 Å². The molecule has 1 aliphatic rings. The number of thioether (sulfide) groups is 1. The first-order valence-electron chi connectivity index (χ1n) is 5.16. The molecule has 0 fully saturated rings. The normalized spacial score (nSPS) is 15.0. The molecule has 0 nitrogen and oxygen atoms in total. The van der Waals surface area contributed by atoms with Gasteiger partial charge in [-0.05, 0) is 55.2 Å². The van der Waals surface area contributed by atoms with E-state index in [4.69, 9.17) is 0 Å². The Kier molecular flexibility index (Phi) is 2.97. The first-order valence-corrected chi connectivity index (χ1v) is 6.38. The van der Waals surface area contributed by atoms with E-state index >= 15 is 0 Å². The van der Waals surface area contributed by atoms with Crippen molar-refractivity contribution in [1.82, 2.24) is 0 Å². The summed E-state index contributed by atoms with van der Waals surface area (Å²) >= 11 is 1.87. The van der Waals surface area contributed by atoms with E-state index in [1.54, 1.807) is 5.56 Å². The van der Waals surface area contributed by atoms with Gasteiger partial charge in [0, 0.05) is 4.90 Å². The molecule has 0 N–H and O–H groups in total. The fourth-order valence-corrected chi connectivity index (χ4v) is 2.70. The van der Waals surface area contributed by atoms with Gasteiger partial charge in [0.15, 0.2) is 0 Å². The van der Waals surface area contributed by atoms with E-state index in [9.17, 15) is 0 Å². The molecule has 14 heavy (non-hydrogen) atoms. The highest BCUT2D eigenvalue weighted by Gasteiger charge is 2.10. The van der Waals surface area contributed by atoms with Gasteiger partial charge in [-0.2, -0.15) is 0 Å². The Morgan fingerprint density at radius 1 is 1.29 bits per heavy atom. The molecule has 0 heterocycles. The molecule has 0 spiro atoms. The number of hydrogen-bond acceptors (Lipinski definition) is 1. The van der Waals surface area contributed by atoms with E-state index in [0.29, 0.717) is 0 Å². The topological polar surface area (TPSA) is 0 Å². The van der Waals surface area contributed by atoms with Crippen LogP contribution in [0, 0.1) is 6.92 Å². The molecule has 74 valence electrons. The predicted molar refractivity (Wildman–Crippen MR) is 64.9 cm³/mol. The van der Waals surface area contributed by atoms with Crippen molar-refractivity contribution >= 4 is 17.8 Å². The molecule has 0 unspecified atom stereocenters. The number of hydrogen-bond donors (Lipinski definition) is 0. The molecule has 0 aliphatic heterocycles. The number of fused-ring (bicyclic) bond motifs is 1. The van der Waals surface area contributed by atoms with Crippen molar-refractivity contribution in [2.75, 3.05) is 6.26 Å². The van der Waals surface area contributed by atoms with Crippen LogP contribution < -0.4 is 0 Å². The number of aryl methyl sites for hydroxylation is 1. The molecule has 0 saturated carbocycles. The second-order valence-electron chi connectivity index (χ2n) is 3.77. The van der Waals surface area contributed by atoms with Crippen molar-refractivity contribution in [2.45, 2.75) is 31.1 Å². The van der Waals surface area contributed by atoms with E-state index in [1.165, 1.54) is 35.3 Å². The van der Waals surface area contributed by atoms with Crippen LogP contribution in [0.15, 0.2) is 23.1 Å². The van der Waals surface area contributed by atoms with E-state index < -0.39 is 0 Å². The molecule has 0 amide bonds. The zero-order chi connectivity index (χ0) is 9.97. The first-order chi connectivity index (χ1) is 6.83.